The van der Waals surface area contributed by atoms with Crippen molar-refractivity contribution in [3.63, 3.8) is 0 Å². The third-order valence-electron chi connectivity index (χ3n) is 5.96. The first-order valence-electron chi connectivity index (χ1n) is 12.0. The van der Waals surface area contributed by atoms with Crippen molar-refractivity contribution in [3.05, 3.63) is 94.5 Å². The Labute approximate surface area is 224 Å². The number of hydrogen-bond acceptors (Lipinski definition) is 4. The molecular formula is C28H32ClN3O4S. The van der Waals surface area contributed by atoms with Crippen LogP contribution in [0.1, 0.15) is 30.5 Å². The first-order valence-corrected chi connectivity index (χ1v) is 13.8. The van der Waals surface area contributed by atoms with Gasteiger partial charge in [0.1, 0.15) is 12.6 Å². The largest absolute Gasteiger partial charge is 0.355 e. The summed E-state index contributed by atoms with van der Waals surface area (Å²) in [6.45, 7) is 7.33. The van der Waals surface area contributed by atoms with Gasteiger partial charge in [-0.15, -0.1) is 0 Å². The first-order chi connectivity index (χ1) is 17.5. The van der Waals surface area contributed by atoms with Gasteiger partial charge in [0.2, 0.25) is 11.8 Å². The molecule has 0 saturated heterocycles. The Balaban J connectivity index is 2.02. The molecule has 37 heavy (non-hydrogen) atoms. The molecule has 0 aromatic heterocycles. The summed E-state index contributed by atoms with van der Waals surface area (Å²) in [5, 5.41) is 3.15. The summed E-state index contributed by atoms with van der Waals surface area (Å²) < 4.78 is 28.6. The molecule has 3 rings (SSSR count). The van der Waals surface area contributed by atoms with E-state index in [2.05, 4.69) is 5.32 Å². The molecule has 2 amide bonds. The van der Waals surface area contributed by atoms with Crippen LogP contribution in [0.5, 0.6) is 0 Å². The van der Waals surface area contributed by atoms with Gasteiger partial charge < -0.3 is 10.2 Å². The highest BCUT2D eigenvalue weighted by molar-refractivity contribution is 7.92. The lowest BCUT2D eigenvalue weighted by Gasteiger charge is -2.32. The number of carbonyl (C=O) groups is 2. The number of halogens is 1. The third kappa shape index (κ3) is 7.11. The van der Waals surface area contributed by atoms with Crippen molar-refractivity contribution >= 4 is 39.1 Å². The molecule has 1 atom stereocenters. The Bertz CT molecular complexity index is 1340. The summed E-state index contributed by atoms with van der Waals surface area (Å²) in [4.78, 5) is 27.9. The van der Waals surface area contributed by atoms with Crippen LogP contribution in [0.4, 0.5) is 5.69 Å². The van der Waals surface area contributed by atoms with E-state index >= 15 is 0 Å². The zero-order chi connectivity index (χ0) is 27.2. The number of hydrogen-bond donors (Lipinski definition) is 1. The van der Waals surface area contributed by atoms with E-state index in [1.165, 1.54) is 29.2 Å². The SMILES string of the molecule is CCNC(=O)C(C)N(Cc1ccc(C)cc1)C(=O)CN(c1cccc(C)c1)S(=O)(=O)c1ccc(Cl)cc1. The third-order valence-corrected chi connectivity index (χ3v) is 8.00. The smallest absolute Gasteiger partial charge is 0.264 e. The highest BCUT2D eigenvalue weighted by Gasteiger charge is 2.32. The van der Waals surface area contributed by atoms with Gasteiger partial charge in [0.15, 0.2) is 0 Å². The molecule has 196 valence electrons. The molecule has 0 heterocycles. The normalized spacial score (nSPS) is 12.0. The maximum atomic E-state index is 13.8. The summed E-state index contributed by atoms with van der Waals surface area (Å²) in [5.74, 6) is -0.816. The first kappa shape index (κ1) is 28.2. The number of carbonyl (C=O) groups excluding carboxylic acids is 2. The molecule has 0 saturated carbocycles. The summed E-state index contributed by atoms with van der Waals surface area (Å²) in [6, 6.07) is 19.6. The van der Waals surface area contributed by atoms with Crippen molar-refractivity contribution in [2.24, 2.45) is 0 Å². The second-order valence-corrected chi connectivity index (χ2v) is 11.2. The van der Waals surface area contributed by atoms with Crippen molar-refractivity contribution in [1.29, 1.82) is 0 Å². The van der Waals surface area contributed by atoms with Gasteiger partial charge in [-0.25, -0.2) is 8.42 Å². The second-order valence-electron chi connectivity index (χ2n) is 8.88. The van der Waals surface area contributed by atoms with Crippen molar-refractivity contribution in [2.45, 2.75) is 45.2 Å². The fourth-order valence-electron chi connectivity index (χ4n) is 3.84. The molecule has 9 heteroatoms. The number of rotatable bonds is 10. The monoisotopic (exact) mass is 541 g/mol. The number of nitrogens with one attached hydrogen (secondary N) is 1. The summed E-state index contributed by atoms with van der Waals surface area (Å²) in [7, 11) is -4.12. The summed E-state index contributed by atoms with van der Waals surface area (Å²) in [5.41, 5.74) is 3.09. The fourth-order valence-corrected chi connectivity index (χ4v) is 5.37. The highest BCUT2D eigenvalue weighted by atomic mass is 35.5. The van der Waals surface area contributed by atoms with E-state index < -0.39 is 28.5 Å². The number of anilines is 1. The molecule has 0 aliphatic heterocycles. The molecular weight excluding hydrogens is 510 g/mol. The molecule has 0 radical (unpaired) electrons. The zero-order valence-corrected chi connectivity index (χ0v) is 23.0. The molecule has 0 aliphatic rings. The average molecular weight is 542 g/mol. The minimum atomic E-state index is -4.12. The van der Waals surface area contributed by atoms with Crippen molar-refractivity contribution in [2.75, 3.05) is 17.4 Å². The Morgan fingerprint density at radius 1 is 0.946 bits per heavy atom. The van der Waals surface area contributed by atoms with Crippen LogP contribution in [0.3, 0.4) is 0 Å². The number of nitrogens with zero attached hydrogens (tertiary/aromatic N) is 2. The standard InChI is InChI=1S/C28H32ClN3O4S/c1-5-30-28(34)22(4)31(18-23-11-9-20(2)10-12-23)27(33)19-32(25-8-6-7-21(3)17-25)37(35,36)26-15-13-24(29)14-16-26/h6-17,22H,5,18-19H2,1-4H3,(H,30,34). The minimum Gasteiger partial charge on any atom is -0.355 e. The lowest BCUT2D eigenvalue weighted by Crippen LogP contribution is -2.51. The predicted octanol–water partition coefficient (Wildman–Crippen LogP) is 4.71. The molecule has 7 nitrogen and oxygen atoms in total. The van der Waals surface area contributed by atoms with E-state index in [4.69, 9.17) is 11.6 Å². The van der Waals surface area contributed by atoms with Crippen LogP contribution in [-0.2, 0) is 26.2 Å². The maximum Gasteiger partial charge on any atom is 0.264 e. The molecule has 0 bridgehead atoms. The van der Waals surface area contributed by atoms with Gasteiger partial charge in [0, 0.05) is 18.1 Å². The van der Waals surface area contributed by atoms with Crippen molar-refractivity contribution in [3.8, 4) is 0 Å². The van der Waals surface area contributed by atoms with Gasteiger partial charge in [-0.2, -0.15) is 0 Å². The van der Waals surface area contributed by atoms with E-state index in [0.29, 0.717) is 17.3 Å². The number of amides is 2. The van der Waals surface area contributed by atoms with Crippen LogP contribution in [0, 0.1) is 13.8 Å². The molecule has 0 aliphatic carbocycles. The average Bonchev–Trinajstić information content (AvgIpc) is 2.86. The van der Waals surface area contributed by atoms with E-state index in [0.717, 1.165) is 21.0 Å². The van der Waals surface area contributed by atoms with Gasteiger partial charge in [0.25, 0.3) is 10.0 Å². The molecule has 3 aromatic carbocycles. The number of sulfonamides is 1. The maximum absolute atomic E-state index is 13.8. The molecule has 0 fully saturated rings. The quantitative estimate of drug-likeness (QED) is 0.403. The van der Waals surface area contributed by atoms with Crippen LogP contribution in [0.15, 0.2) is 77.7 Å². The predicted molar refractivity (Wildman–Crippen MR) is 147 cm³/mol. The van der Waals surface area contributed by atoms with Gasteiger partial charge in [-0.05, 0) is 75.2 Å². The number of benzene rings is 3. The van der Waals surface area contributed by atoms with Crippen molar-refractivity contribution < 1.29 is 18.0 Å². The Morgan fingerprint density at radius 3 is 2.19 bits per heavy atom. The van der Waals surface area contributed by atoms with E-state index in [1.807, 2.05) is 44.2 Å². The van der Waals surface area contributed by atoms with Crippen LogP contribution in [0.2, 0.25) is 5.02 Å². The number of likely N-dealkylation sites (N-methyl/N-ethyl adjacent to an activating group) is 1. The van der Waals surface area contributed by atoms with Gasteiger partial charge >= 0.3 is 0 Å². The Kier molecular flexibility index (Phi) is 9.34. The number of aryl methyl sites for hydroxylation is 2. The lowest BCUT2D eigenvalue weighted by molar-refractivity contribution is -0.139. The van der Waals surface area contributed by atoms with E-state index in [1.54, 1.807) is 32.0 Å². The van der Waals surface area contributed by atoms with Crippen molar-refractivity contribution in [1.82, 2.24) is 10.2 Å². The van der Waals surface area contributed by atoms with E-state index in [-0.39, 0.29) is 17.3 Å². The lowest BCUT2D eigenvalue weighted by atomic mass is 10.1. The van der Waals surface area contributed by atoms with Gasteiger partial charge in [0.05, 0.1) is 10.6 Å². The minimum absolute atomic E-state index is 0.00747. The van der Waals surface area contributed by atoms with Crippen LogP contribution in [0.25, 0.3) is 0 Å². The van der Waals surface area contributed by atoms with Crippen LogP contribution in [-0.4, -0.2) is 44.3 Å². The molecule has 0 spiro atoms. The van der Waals surface area contributed by atoms with Gasteiger partial charge in [-0.3, -0.25) is 13.9 Å². The molecule has 3 aromatic rings. The second kappa shape index (κ2) is 12.3. The van der Waals surface area contributed by atoms with Crippen LogP contribution >= 0.6 is 11.6 Å². The molecule has 1 N–H and O–H groups in total. The van der Waals surface area contributed by atoms with E-state index in [9.17, 15) is 18.0 Å². The summed E-state index contributed by atoms with van der Waals surface area (Å²) in [6.07, 6.45) is 0. The Hall–Kier alpha value is -3.36. The highest BCUT2D eigenvalue weighted by Crippen LogP contribution is 2.26. The zero-order valence-electron chi connectivity index (χ0n) is 21.4. The Morgan fingerprint density at radius 2 is 1.59 bits per heavy atom. The fraction of sp³-hybridized carbons (Fsp3) is 0.286. The van der Waals surface area contributed by atoms with Gasteiger partial charge in [-0.1, -0.05) is 53.6 Å². The van der Waals surface area contributed by atoms with Crippen LogP contribution < -0.4 is 9.62 Å². The topological polar surface area (TPSA) is 86.8 Å². The molecule has 1 unspecified atom stereocenters. The summed E-state index contributed by atoms with van der Waals surface area (Å²) >= 11 is 5.97.